The van der Waals surface area contributed by atoms with Gasteiger partial charge in [-0.3, -0.25) is 9.59 Å². The largest absolute Gasteiger partial charge is 1.00 e. The Morgan fingerprint density at radius 3 is 1.13 bits per heavy atom. The van der Waals surface area contributed by atoms with E-state index in [1.54, 1.807) is 84.9 Å². The molecule has 0 aromatic heterocycles. The van der Waals surface area contributed by atoms with Crippen LogP contribution in [-0.4, -0.2) is 37.5 Å². The molecule has 0 amide bonds. The Morgan fingerprint density at radius 1 is 0.444 bits per heavy atom. The molecule has 12 nitrogen and oxygen atoms in total. The number of fused-ring (bicyclic) bond motifs is 2. The van der Waals surface area contributed by atoms with Crippen LogP contribution in [0.25, 0.3) is 0 Å². The van der Waals surface area contributed by atoms with Crippen molar-refractivity contribution in [2.75, 3.05) is 10.6 Å². The van der Waals surface area contributed by atoms with Gasteiger partial charge in [0.2, 0.25) is 0 Å². The third-order valence-electron chi connectivity index (χ3n) is 8.04. The topological polar surface area (TPSA) is 191 Å². The molecule has 6 aromatic rings. The predicted octanol–water partition coefficient (Wildman–Crippen LogP) is 1.35. The van der Waals surface area contributed by atoms with E-state index in [0.29, 0.717) is 22.7 Å². The van der Waals surface area contributed by atoms with Crippen molar-refractivity contribution in [1.29, 1.82) is 0 Å². The number of ketones is 2. The minimum Gasteiger partial charge on any atom is -0.744 e. The van der Waals surface area contributed by atoms with Crippen molar-refractivity contribution in [1.82, 2.24) is 0 Å². The SMILES string of the molecule is O=C1c2ccccc2C(=O)c2c(Nc3ccc(Oc4ccccc4S(=O)(=O)[O-])cc3)ccc(Nc3ccc(Oc4ccccc4S(=O)(=O)[O-])cc3)c21.[Na+].[Na+]. The molecule has 1 aliphatic carbocycles. The van der Waals surface area contributed by atoms with E-state index in [2.05, 4.69) is 10.6 Å². The number of hydrogen-bond acceptors (Lipinski definition) is 12. The predicted molar refractivity (Wildman–Crippen MR) is 188 cm³/mol. The van der Waals surface area contributed by atoms with Crippen LogP contribution in [0.2, 0.25) is 0 Å². The van der Waals surface area contributed by atoms with E-state index in [9.17, 15) is 35.5 Å². The van der Waals surface area contributed by atoms with E-state index in [1.165, 1.54) is 36.4 Å². The van der Waals surface area contributed by atoms with Crippen molar-refractivity contribution in [2.24, 2.45) is 0 Å². The molecule has 1 aliphatic rings. The van der Waals surface area contributed by atoms with Crippen molar-refractivity contribution in [3.8, 4) is 23.0 Å². The quantitative estimate of drug-likeness (QED) is 0.150. The van der Waals surface area contributed by atoms with Crippen LogP contribution in [0.3, 0.4) is 0 Å². The Labute approximate surface area is 354 Å². The summed E-state index contributed by atoms with van der Waals surface area (Å²) in [6.07, 6.45) is 0. The maximum absolute atomic E-state index is 14.0. The number of ether oxygens (including phenoxy) is 2. The number of hydrogen-bond donors (Lipinski definition) is 2. The molecule has 0 radical (unpaired) electrons. The fraction of sp³-hybridized carbons (Fsp3) is 0. The van der Waals surface area contributed by atoms with Gasteiger partial charge in [0.1, 0.15) is 43.2 Å². The normalized spacial score (nSPS) is 12.0. The van der Waals surface area contributed by atoms with Gasteiger partial charge in [0.25, 0.3) is 0 Å². The van der Waals surface area contributed by atoms with Crippen molar-refractivity contribution < 1.29 is 104 Å². The van der Waals surface area contributed by atoms with Crippen LogP contribution in [-0.2, 0) is 20.2 Å². The molecule has 0 saturated heterocycles. The van der Waals surface area contributed by atoms with E-state index in [4.69, 9.17) is 9.47 Å². The van der Waals surface area contributed by atoms with Crippen molar-refractivity contribution in [3.05, 3.63) is 156 Å². The smallest absolute Gasteiger partial charge is 0.744 e. The summed E-state index contributed by atoms with van der Waals surface area (Å²) >= 11 is 0. The van der Waals surface area contributed by atoms with Gasteiger partial charge in [-0.25, -0.2) is 16.8 Å². The monoisotopic (exact) mass is 778 g/mol. The van der Waals surface area contributed by atoms with Gasteiger partial charge in [-0.1, -0.05) is 48.5 Å². The molecule has 16 heteroatoms. The van der Waals surface area contributed by atoms with Crippen LogP contribution in [0.4, 0.5) is 22.7 Å². The average Bonchev–Trinajstić information content (AvgIpc) is 3.12. The molecule has 0 spiro atoms. The molecule has 0 unspecified atom stereocenters. The van der Waals surface area contributed by atoms with Gasteiger partial charge in [-0.2, -0.15) is 0 Å². The molecular weight excluding hydrogens is 755 g/mol. The zero-order chi connectivity index (χ0) is 36.6. The zero-order valence-electron chi connectivity index (χ0n) is 28.6. The Balaban J connectivity index is 0.00000280. The van der Waals surface area contributed by atoms with Crippen LogP contribution < -0.4 is 79.2 Å². The second kappa shape index (κ2) is 16.6. The third-order valence-corrected chi connectivity index (χ3v) is 9.79. The van der Waals surface area contributed by atoms with Gasteiger partial charge in [0.05, 0.1) is 32.3 Å². The molecule has 6 aromatic carbocycles. The summed E-state index contributed by atoms with van der Waals surface area (Å²) in [5, 5.41) is 6.39. The summed E-state index contributed by atoms with van der Waals surface area (Å²) in [6.45, 7) is 0. The standard InChI is InChI=1S/C38H26N2O10S2.2Na/c41-37-27-7-1-2-8-28(27)38(42)36-30(40-24-15-19-26(20-16-24)50-32-10-4-6-12-34(32)52(46,47)48)22-21-29(35(36)37)39-23-13-17-25(18-14-23)49-31-9-3-5-11-33(31)51(43,44)45;;/h1-22,39-40H,(H,43,44,45)(H,46,47,48);;/q;2*+1/p-2. The average molecular weight is 779 g/mol. The molecule has 0 heterocycles. The van der Waals surface area contributed by atoms with E-state index < -0.39 is 30.0 Å². The van der Waals surface area contributed by atoms with E-state index in [-0.39, 0.29) is 116 Å². The maximum Gasteiger partial charge on any atom is 1.00 e. The first-order valence-corrected chi connectivity index (χ1v) is 18.2. The molecule has 2 N–H and O–H groups in total. The Bertz CT molecular complexity index is 2440. The number of carbonyl (C=O) groups excluding carboxylic acids is 2. The fourth-order valence-corrected chi connectivity index (χ4v) is 6.89. The van der Waals surface area contributed by atoms with Crippen LogP contribution in [0.1, 0.15) is 31.8 Å². The Hall–Kier alpha value is -4.32. The van der Waals surface area contributed by atoms with Gasteiger partial charge < -0.3 is 29.2 Å². The summed E-state index contributed by atoms with van der Waals surface area (Å²) < 4.78 is 81.3. The van der Waals surface area contributed by atoms with Crippen molar-refractivity contribution in [2.45, 2.75) is 9.79 Å². The van der Waals surface area contributed by atoms with Crippen LogP contribution in [0.15, 0.2) is 143 Å². The van der Waals surface area contributed by atoms with Crippen molar-refractivity contribution in [3.63, 3.8) is 0 Å². The first kappa shape index (κ1) is 40.9. The Kier molecular flexibility index (Phi) is 12.6. The van der Waals surface area contributed by atoms with E-state index in [1.807, 2.05) is 0 Å². The molecule has 260 valence electrons. The van der Waals surface area contributed by atoms with Gasteiger partial charge in [0.15, 0.2) is 11.6 Å². The van der Waals surface area contributed by atoms with Crippen molar-refractivity contribution >= 4 is 54.6 Å². The molecular formula is C38H24N2Na2O10S2. The first-order valence-electron chi connectivity index (χ1n) is 15.4. The molecule has 0 fully saturated rings. The number of para-hydroxylation sites is 2. The summed E-state index contributed by atoms with van der Waals surface area (Å²) in [5.41, 5.74) is 2.50. The molecule has 0 saturated carbocycles. The maximum atomic E-state index is 14.0. The molecule has 0 atom stereocenters. The van der Waals surface area contributed by atoms with E-state index >= 15 is 0 Å². The second-order valence-electron chi connectivity index (χ2n) is 11.4. The zero-order valence-corrected chi connectivity index (χ0v) is 34.2. The Morgan fingerprint density at radius 2 is 0.778 bits per heavy atom. The number of anilines is 4. The molecule has 0 bridgehead atoms. The minimum absolute atomic E-state index is 0. The second-order valence-corrected chi connectivity index (χ2v) is 14.1. The fourth-order valence-electron chi connectivity index (χ4n) is 5.69. The molecule has 7 rings (SSSR count). The van der Waals surface area contributed by atoms with Gasteiger partial charge >= 0.3 is 59.1 Å². The van der Waals surface area contributed by atoms with Crippen LogP contribution >= 0.6 is 0 Å². The van der Waals surface area contributed by atoms with Crippen LogP contribution in [0, 0.1) is 0 Å². The summed E-state index contributed by atoms with van der Waals surface area (Å²) in [6, 6.07) is 33.5. The van der Waals surface area contributed by atoms with Gasteiger partial charge in [0, 0.05) is 22.5 Å². The number of rotatable bonds is 10. The molecule has 54 heavy (non-hydrogen) atoms. The third kappa shape index (κ3) is 8.64. The van der Waals surface area contributed by atoms with E-state index in [0.717, 1.165) is 12.1 Å². The first-order chi connectivity index (χ1) is 24.9. The van der Waals surface area contributed by atoms with Gasteiger partial charge in [-0.15, -0.1) is 0 Å². The number of nitrogens with one attached hydrogen (secondary N) is 2. The number of carbonyl (C=O) groups is 2. The molecule has 0 aliphatic heterocycles. The number of benzene rings is 6. The summed E-state index contributed by atoms with van der Waals surface area (Å²) in [5.74, 6) is -0.496. The van der Waals surface area contributed by atoms with Crippen LogP contribution in [0.5, 0.6) is 23.0 Å². The van der Waals surface area contributed by atoms with Gasteiger partial charge in [-0.05, 0) is 84.9 Å². The summed E-state index contributed by atoms with van der Waals surface area (Å²) in [4.78, 5) is 26.9. The summed E-state index contributed by atoms with van der Waals surface area (Å²) in [7, 11) is -9.54. The minimum atomic E-state index is -4.77.